The van der Waals surface area contributed by atoms with Gasteiger partial charge in [-0.2, -0.15) is 0 Å². The largest absolute Gasteiger partial charge is 0.462 e. The Morgan fingerprint density at radius 3 is 2.07 bits per heavy atom. The van der Waals surface area contributed by atoms with Gasteiger partial charge in [-0.15, -0.1) is 0 Å². The molecule has 10 atom stereocenters. The fourth-order valence-corrected chi connectivity index (χ4v) is 8.45. The van der Waals surface area contributed by atoms with Crippen molar-refractivity contribution >= 4 is 24.0 Å². The molecule has 2 heterocycles. The van der Waals surface area contributed by atoms with E-state index < -0.39 is 36.4 Å². The lowest BCUT2D eigenvalue weighted by Crippen LogP contribution is -2.57. The Kier molecular flexibility index (Phi) is 25.8. The van der Waals surface area contributed by atoms with Gasteiger partial charge in [0.25, 0.3) is 0 Å². The van der Waals surface area contributed by atoms with Crippen LogP contribution in [0.25, 0.3) is 0 Å². The van der Waals surface area contributed by atoms with Gasteiger partial charge in [0.05, 0.1) is 24.9 Å². The highest BCUT2D eigenvalue weighted by molar-refractivity contribution is 5.91. The van der Waals surface area contributed by atoms with Crippen LogP contribution < -0.4 is 0 Å². The Labute approximate surface area is 346 Å². The van der Waals surface area contributed by atoms with Gasteiger partial charge in [0.1, 0.15) is 12.4 Å². The molecule has 2 aliphatic rings. The highest BCUT2D eigenvalue weighted by Crippen LogP contribution is 2.35. The third-order valence-electron chi connectivity index (χ3n) is 12.0. The molecule has 1 fully saturated rings. The van der Waals surface area contributed by atoms with Crippen molar-refractivity contribution in [2.75, 3.05) is 20.7 Å². The van der Waals surface area contributed by atoms with Crippen molar-refractivity contribution in [1.29, 1.82) is 0 Å². The second-order valence-electron chi connectivity index (χ2n) is 17.4. The van der Waals surface area contributed by atoms with Crippen molar-refractivity contribution in [3.63, 3.8) is 0 Å². The van der Waals surface area contributed by atoms with E-state index in [0.29, 0.717) is 32.1 Å². The summed E-state index contributed by atoms with van der Waals surface area (Å²) < 4.78 is 25.5. The summed E-state index contributed by atoms with van der Waals surface area (Å²) in [5, 5.41) is 10.1. The third-order valence-corrected chi connectivity index (χ3v) is 12.0. The minimum Gasteiger partial charge on any atom is -0.462 e. The Balaban J connectivity index is 2.20. The standard InChI is InChI=1S/C47H81NO9/c1-9-11-12-13-14-15-16-17-18-19-20-21-22-23-43(52)56-46-40(48(7)8)32-37(6)54-47(46)57-45-35(4)25-27-44(53)55-42(10-2)39(33-50)30-34(3)24-26-41(51)36(5)31-38(45)28-29-49/h24,26,29-30,35-40,42,45-47,50H,9-23,25,27-28,31-33H2,1-8H3/b26-24+,34-30+/t35-,36+,37+,38-,39+,40-,42+,45+,46+,47-/m0/s1. The van der Waals surface area contributed by atoms with E-state index in [0.717, 1.165) is 31.1 Å². The van der Waals surface area contributed by atoms with Crippen molar-refractivity contribution < 1.29 is 43.2 Å². The summed E-state index contributed by atoms with van der Waals surface area (Å²) in [4.78, 5) is 54.3. The zero-order valence-corrected chi connectivity index (χ0v) is 37.1. The van der Waals surface area contributed by atoms with Gasteiger partial charge in [-0.25, -0.2) is 0 Å². The first kappa shape index (κ1) is 50.7. The number of carbonyl (C=O) groups is 4. The van der Waals surface area contributed by atoms with E-state index in [9.17, 15) is 24.3 Å². The van der Waals surface area contributed by atoms with Crippen molar-refractivity contribution in [1.82, 2.24) is 4.90 Å². The van der Waals surface area contributed by atoms with Crippen molar-refractivity contribution in [3.05, 3.63) is 23.8 Å². The number of carbonyl (C=O) groups excluding carboxylic acids is 4. The lowest BCUT2D eigenvalue weighted by Gasteiger charge is -2.45. The summed E-state index contributed by atoms with van der Waals surface area (Å²) >= 11 is 0. The number of likely N-dealkylation sites (N-methyl/N-ethyl adjacent to an activating group) is 1. The Bertz CT molecular complexity index is 1220. The maximum absolute atomic E-state index is 13.4. The van der Waals surface area contributed by atoms with Crippen molar-refractivity contribution in [2.24, 2.45) is 23.7 Å². The van der Waals surface area contributed by atoms with Crippen LogP contribution in [-0.4, -0.2) is 91.5 Å². The molecule has 0 radical (unpaired) electrons. The topological polar surface area (TPSA) is 129 Å². The van der Waals surface area contributed by atoms with Crippen LogP contribution in [0.3, 0.4) is 0 Å². The van der Waals surface area contributed by atoms with Gasteiger partial charge >= 0.3 is 11.9 Å². The lowest BCUT2D eigenvalue weighted by molar-refractivity contribution is -0.284. The molecule has 0 bridgehead atoms. The third kappa shape index (κ3) is 19.5. The summed E-state index contributed by atoms with van der Waals surface area (Å²) in [6.45, 7) is 11.6. The molecule has 0 aromatic heterocycles. The summed E-state index contributed by atoms with van der Waals surface area (Å²) in [7, 11) is 3.93. The van der Waals surface area contributed by atoms with Gasteiger partial charge in [0, 0.05) is 31.1 Å². The van der Waals surface area contributed by atoms with Crippen LogP contribution in [0.4, 0.5) is 0 Å². The molecule has 1 saturated heterocycles. The molecule has 328 valence electrons. The smallest absolute Gasteiger partial charge is 0.306 e. The van der Waals surface area contributed by atoms with Crippen LogP contribution >= 0.6 is 0 Å². The van der Waals surface area contributed by atoms with E-state index in [-0.39, 0.29) is 61.2 Å². The summed E-state index contributed by atoms with van der Waals surface area (Å²) in [6, 6.07) is -0.164. The first-order chi connectivity index (χ1) is 27.3. The minimum atomic E-state index is -0.913. The van der Waals surface area contributed by atoms with Crippen molar-refractivity contribution in [2.45, 2.75) is 207 Å². The molecule has 0 unspecified atom stereocenters. The molecule has 57 heavy (non-hydrogen) atoms. The minimum absolute atomic E-state index is 0.0775. The average Bonchev–Trinajstić information content (AvgIpc) is 3.18. The number of nitrogens with zero attached hydrogens (tertiary/aromatic N) is 1. The van der Waals surface area contributed by atoms with E-state index in [1.54, 1.807) is 12.2 Å². The molecule has 2 aliphatic heterocycles. The Hall–Kier alpha value is -2.40. The fraction of sp³-hybridized carbons (Fsp3) is 0.830. The lowest BCUT2D eigenvalue weighted by atomic mass is 9.80. The van der Waals surface area contributed by atoms with Crippen molar-refractivity contribution in [3.8, 4) is 0 Å². The first-order valence-corrected chi connectivity index (χ1v) is 22.7. The van der Waals surface area contributed by atoms with Gasteiger partial charge in [-0.05, 0) is 78.0 Å². The number of hydrogen-bond acceptors (Lipinski definition) is 10. The predicted molar refractivity (Wildman–Crippen MR) is 226 cm³/mol. The van der Waals surface area contributed by atoms with Gasteiger partial charge in [-0.1, -0.05) is 122 Å². The van der Waals surface area contributed by atoms with Crippen LogP contribution in [0.15, 0.2) is 23.8 Å². The summed E-state index contributed by atoms with van der Waals surface area (Å²) in [6.07, 6.45) is 21.5. The normalized spacial score (nSPS) is 31.0. The number of aliphatic hydroxyl groups is 1. The van der Waals surface area contributed by atoms with Gasteiger partial charge in [0.2, 0.25) is 0 Å². The van der Waals surface area contributed by atoms with Gasteiger partial charge in [-0.3, -0.25) is 14.4 Å². The van der Waals surface area contributed by atoms with E-state index in [1.807, 2.05) is 59.7 Å². The molecular weight excluding hydrogens is 723 g/mol. The van der Waals surface area contributed by atoms with Crippen LogP contribution in [0.5, 0.6) is 0 Å². The Morgan fingerprint density at radius 2 is 1.51 bits per heavy atom. The number of ketones is 1. The number of aliphatic hydroxyl groups excluding tert-OH is 1. The molecule has 10 nitrogen and oxygen atoms in total. The summed E-state index contributed by atoms with van der Waals surface area (Å²) in [5.74, 6) is -2.16. The van der Waals surface area contributed by atoms with Crippen LogP contribution in [0.1, 0.15) is 170 Å². The molecule has 0 spiro atoms. The van der Waals surface area contributed by atoms with Gasteiger partial charge < -0.3 is 33.7 Å². The summed E-state index contributed by atoms with van der Waals surface area (Å²) in [5.41, 5.74) is 0.782. The molecule has 0 aromatic rings. The quantitative estimate of drug-likeness (QED) is 0.0642. The molecular formula is C47H81NO9. The maximum Gasteiger partial charge on any atom is 0.306 e. The van der Waals surface area contributed by atoms with Crippen LogP contribution in [0.2, 0.25) is 0 Å². The molecule has 2 rings (SSSR count). The Morgan fingerprint density at radius 1 is 0.895 bits per heavy atom. The van der Waals surface area contributed by atoms with E-state index in [4.69, 9.17) is 18.9 Å². The molecule has 0 saturated carbocycles. The average molecular weight is 804 g/mol. The number of allylic oxidation sites excluding steroid dienone is 3. The fourth-order valence-electron chi connectivity index (χ4n) is 8.45. The van der Waals surface area contributed by atoms with E-state index in [1.165, 1.54) is 64.2 Å². The number of hydrogen-bond donors (Lipinski definition) is 1. The molecule has 1 N–H and O–H groups in total. The SMILES string of the molecule is CCCCCCCCCCCCCCCC(=O)O[C@H]1[C@H](O[C@H]2[C@@H](CC=O)C[C@@H](C)C(=O)/C=C/C(C)=C/[C@H](CO)[C@@H](CC)OC(=O)CC[C@@H]2C)O[C@H](C)C[C@@H]1N(C)C. The zero-order valence-electron chi connectivity index (χ0n) is 37.1. The number of aldehydes is 1. The highest BCUT2D eigenvalue weighted by atomic mass is 16.7. The van der Waals surface area contributed by atoms with E-state index >= 15 is 0 Å². The molecule has 10 heteroatoms. The van der Waals surface area contributed by atoms with Crippen LogP contribution in [-0.2, 0) is 38.1 Å². The first-order valence-electron chi connectivity index (χ1n) is 22.7. The number of cyclic esters (lactones) is 1. The highest BCUT2D eigenvalue weighted by Gasteiger charge is 2.45. The van der Waals surface area contributed by atoms with Gasteiger partial charge in [0.15, 0.2) is 18.2 Å². The number of esters is 2. The molecule has 0 aliphatic carbocycles. The molecule has 0 amide bonds. The predicted octanol–water partition coefficient (Wildman–Crippen LogP) is 9.49. The second-order valence-corrected chi connectivity index (χ2v) is 17.4. The van der Waals surface area contributed by atoms with Crippen LogP contribution in [0, 0.1) is 23.7 Å². The number of unbranched alkanes of at least 4 members (excludes halogenated alkanes) is 12. The monoisotopic (exact) mass is 804 g/mol. The zero-order chi connectivity index (χ0) is 42.2. The maximum atomic E-state index is 13.4. The second kappa shape index (κ2) is 28.9. The number of ether oxygens (including phenoxy) is 4. The van der Waals surface area contributed by atoms with E-state index in [2.05, 4.69) is 6.92 Å². The molecule has 0 aromatic carbocycles. The number of rotatable bonds is 22.